The number of fused-ring (bicyclic) bond motifs is 1. The van der Waals surface area contributed by atoms with E-state index in [1.54, 1.807) is 43.6 Å². The number of methoxy groups -OCH3 is 1. The highest BCUT2D eigenvalue weighted by atomic mass is 19.1. The summed E-state index contributed by atoms with van der Waals surface area (Å²) in [6.07, 6.45) is 1.58. The molecule has 27 heavy (non-hydrogen) atoms. The Kier molecular flexibility index (Phi) is 4.42. The topological polar surface area (TPSA) is 34.1 Å². The first-order valence-electron chi connectivity index (χ1n) is 8.41. The van der Waals surface area contributed by atoms with Gasteiger partial charge in [-0.1, -0.05) is 42.5 Å². The Bertz CT molecular complexity index is 1130. The lowest BCUT2D eigenvalue weighted by atomic mass is 9.99. The lowest BCUT2D eigenvalue weighted by Crippen LogP contribution is -1.99. The molecule has 1 heterocycles. The van der Waals surface area contributed by atoms with Crippen LogP contribution in [0, 0.1) is 11.6 Å². The first-order chi connectivity index (χ1) is 13.2. The van der Waals surface area contributed by atoms with E-state index in [2.05, 4.69) is 10.3 Å². The van der Waals surface area contributed by atoms with E-state index >= 15 is 0 Å². The van der Waals surface area contributed by atoms with E-state index in [-0.39, 0.29) is 11.5 Å². The third-order valence-electron chi connectivity index (χ3n) is 4.38. The minimum Gasteiger partial charge on any atom is -0.496 e. The molecule has 0 spiro atoms. The zero-order valence-corrected chi connectivity index (χ0v) is 14.5. The number of anilines is 2. The Morgan fingerprint density at radius 1 is 0.815 bits per heavy atom. The van der Waals surface area contributed by atoms with E-state index in [9.17, 15) is 8.78 Å². The summed E-state index contributed by atoms with van der Waals surface area (Å²) in [5.74, 6) is 0.219. The van der Waals surface area contributed by atoms with Crippen LogP contribution in [0.1, 0.15) is 0 Å². The molecule has 0 saturated heterocycles. The normalized spacial score (nSPS) is 10.8. The van der Waals surface area contributed by atoms with Crippen LogP contribution in [0.25, 0.3) is 21.9 Å². The second-order valence-electron chi connectivity index (χ2n) is 5.99. The van der Waals surface area contributed by atoms with Crippen LogP contribution >= 0.6 is 0 Å². The van der Waals surface area contributed by atoms with Crippen molar-refractivity contribution in [1.82, 2.24) is 4.98 Å². The van der Waals surface area contributed by atoms with Gasteiger partial charge in [-0.25, -0.2) is 13.8 Å². The number of para-hydroxylation sites is 2. The molecule has 1 N–H and O–H groups in total. The summed E-state index contributed by atoms with van der Waals surface area (Å²) >= 11 is 0. The van der Waals surface area contributed by atoms with Crippen molar-refractivity contribution < 1.29 is 13.5 Å². The van der Waals surface area contributed by atoms with Gasteiger partial charge in [-0.15, -0.1) is 0 Å². The fraction of sp³-hybridized carbons (Fsp3) is 0.0455. The Hall–Kier alpha value is -3.47. The molecule has 0 radical (unpaired) electrons. The van der Waals surface area contributed by atoms with Crippen LogP contribution in [-0.4, -0.2) is 12.1 Å². The van der Waals surface area contributed by atoms with E-state index in [1.165, 1.54) is 12.1 Å². The summed E-state index contributed by atoms with van der Waals surface area (Å²) in [5, 5.41) is 3.92. The van der Waals surface area contributed by atoms with E-state index in [0.717, 1.165) is 5.56 Å². The second kappa shape index (κ2) is 7.03. The summed E-state index contributed by atoms with van der Waals surface area (Å²) in [6, 6.07) is 18.4. The van der Waals surface area contributed by atoms with Crippen molar-refractivity contribution in [1.29, 1.82) is 0 Å². The average Bonchev–Trinajstić information content (AvgIpc) is 2.70. The van der Waals surface area contributed by atoms with Crippen LogP contribution in [0.15, 0.2) is 72.9 Å². The van der Waals surface area contributed by atoms with E-state index in [4.69, 9.17) is 4.74 Å². The van der Waals surface area contributed by atoms with Crippen LogP contribution in [0.3, 0.4) is 0 Å². The number of ether oxygens (including phenoxy) is 1. The molecule has 0 atom stereocenters. The highest BCUT2D eigenvalue weighted by molar-refractivity contribution is 6.03. The highest BCUT2D eigenvalue weighted by Crippen LogP contribution is 2.38. The monoisotopic (exact) mass is 362 g/mol. The van der Waals surface area contributed by atoms with E-state index in [1.807, 2.05) is 24.3 Å². The SMILES string of the molecule is COc1ccccc1-c1cnc(Nc2ccccc2F)c2cccc(F)c12. The van der Waals surface area contributed by atoms with Gasteiger partial charge in [0.1, 0.15) is 23.2 Å². The van der Waals surface area contributed by atoms with Gasteiger partial charge in [-0.2, -0.15) is 0 Å². The smallest absolute Gasteiger partial charge is 0.146 e. The lowest BCUT2D eigenvalue weighted by Gasteiger charge is -2.15. The maximum absolute atomic E-state index is 14.8. The Morgan fingerprint density at radius 2 is 1.56 bits per heavy atom. The molecule has 0 aliphatic rings. The summed E-state index contributed by atoms with van der Waals surface area (Å²) in [4.78, 5) is 4.44. The molecular weight excluding hydrogens is 346 g/mol. The van der Waals surface area contributed by atoms with E-state index in [0.29, 0.717) is 27.9 Å². The number of nitrogens with one attached hydrogen (secondary N) is 1. The number of rotatable bonds is 4. The molecule has 0 bridgehead atoms. The van der Waals surface area contributed by atoms with Gasteiger partial charge < -0.3 is 10.1 Å². The van der Waals surface area contributed by atoms with Crippen LogP contribution in [0.4, 0.5) is 20.3 Å². The van der Waals surface area contributed by atoms with Crippen molar-refractivity contribution in [3.8, 4) is 16.9 Å². The zero-order valence-electron chi connectivity index (χ0n) is 14.5. The summed E-state index contributed by atoms with van der Waals surface area (Å²) in [5.41, 5.74) is 1.63. The molecule has 1 aromatic heterocycles. The molecule has 3 aromatic carbocycles. The predicted molar refractivity (Wildman–Crippen MR) is 103 cm³/mol. The van der Waals surface area contributed by atoms with Crippen molar-refractivity contribution in [2.45, 2.75) is 0 Å². The zero-order chi connectivity index (χ0) is 18.8. The first-order valence-corrected chi connectivity index (χ1v) is 8.41. The van der Waals surface area contributed by atoms with Crippen molar-refractivity contribution in [2.24, 2.45) is 0 Å². The fourth-order valence-electron chi connectivity index (χ4n) is 3.12. The van der Waals surface area contributed by atoms with Crippen molar-refractivity contribution in [3.05, 3.63) is 84.6 Å². The van der Waals surface area contributed by atoms with Gasteiger partial charge in [0.25, 0.3) is 0 Å². The average molecular weight is 362 g/mol. The number of aromatic nitrogens is 1. The van der Waals surface area contributed by atoms with Crippen LogP contribution in [-0.2, 0) is 0 Å². The molecule has 0 aliphatic heterocycles. The minimum atomic E-state index is -0.405. The van der Waals surface area contributed by atoms with Crippen LogP contribution in [0.5, 0.6) is 5.75 Å². The molecule has 134 valence electrons. The molecular formula is C22H16F2N2O. The Labute approximate surface area is 155 Å². The number of halogens is 2. The third kappa shape index (κ3) is 3.08. The summed E-state index contributed by atoms with van der Waals surface area (Å²) in [7, 11) is 1.57. The van der Waals surface area contributed by atoms with Gasteiger partial charge in [0.2, 0.25) is 0 Å². The predicted octanol–water partition coefficient (Wildman–Crippen LogP) is 5.93. The van der Waals surface area contributed by atoms with Gasteiger partial charge in [0.15, 0.2) is 0 Å². The molecule has 0 unspecified atom stereocenters. The molecule has 4 rings (SSSR count). The van der Waals surface area contributed by atoms with Crippen molar-refractivity contribution in [2.75, 3.05) is 12.4 Å². The largest absolute Gasteiger partial charge is 0.496 e. The molecule has 4 aromatic rings. The first kappa shape index (κ1) is 17.0. The maximum atomic E-state index is 14.8. The van der Waals surface area contributed by atoms with Crippen LogP contribution in [0.2, 0.25) is 0 Å². The van der Waals surface area contributed by atoms with Gasteiger partial charge in [0.05, 0.1) is 12.8 Å². The highest BCUT2D eigenvalue weighted by Gasteiger charge is 2.16. The quantitative estimate of drug-likeness (QED) is 0.488. The molecule has 0 fully saturated rings. The number of pyridine rings is 1. The second-order valence-corrected chi connectivity index (χ2v) is 5.99. The van der Waals surface area contributed by atoms with Gasteiger partial charge in [-0.05, 0) is 24.3 Å². The molecule has 3 nitrogen and oxygen atoms in total. The Balaban J connectivity index is 1.93. The lowest BCUT2D eigenvalue weighted by molar-refractivity contribution is 0.416. The van der Waals surface area contributed by atoms with Gasteiger partial charge in [-0.3, -0.25) is 0 Å². The Morgan fingerprint density at radius 3 is 2.37 bits per heavy atom. The number of benzene rings is 3. The molecule has 5 heteroatoms. The van der Waals surface area contributed by atoms with Gasteiger partial charge in [0, 0.05) is 28.1 Å². The number of hydrogen-bond donors (Lipinski definition) is 1. The van der Waals surface area contributed by atoms with E-state index < -0.39 is 5.82 Å². The summed E-state index contributed by atoms with van der Waals surface area (Å²) < 4.78 is 34.2. The maximum Gasteiger partial charge on any atom is 0.146 e. The van der Waals surface area contributed by atoms with Crippen molar-refractivity contribution >= 4 is 22.3 Å². The van der Waals surface area contributed by atoms with Crippen LogP contribution < -0.4 is 10.1 Å². The number of nitrogens with zero attached hydrogens (tertiary/aromatic N) is 1. The third-order valence-corrected chi connectivity index (χ3v) is 4.38. The fourth-order valence-corrected chi connectivity index (χ4v) is 3.12. The standard InChI is InChI=1S/C22H16F2N2O/c1-27-20-12-5-2-7-14(20)16-13-25-22(15-8-6-10-18(24)21(15)16)26-19-11-4-3-9-17(19)23/h2-13H,1H3,(H,25,26). The molecule has 0 saturated carbocycles. The number of hydrogen-bond acceptors (Lipinski definition) is 3. The summed E-state index contributed by atoms with van der Waals surface area (Å²) in [6.45, 7) is 0. The van der Waals surface area contributed by atoms with Gasteiger partial charge >= 0.3 is 0 Å². The van der Waals surface area contributed by atoms with Crippen molar-refractivity contribution in [3.63, 3.8) is 0 Å². The minimum absolute atomic E-state index is 0.278. The molecule has 0 amide bonds. The molecule has 0 aliphatic carbocycles.